The molecule has 1 N–H and O–H groups in total. The van der Waals surface area contributed by atoms with Crippen LogP contribution in [0.3, 0.4) is 0 Å². The predicted molar refractivity (Wildman–Crippen MR) is 163 cm³/mol. The van der Waals surface area contributed by atoms with Gasteiger partial charge in [-0.2, -0.15) is 0 Å². The van der Waals surface area contributed by atoms with E-state index >= 15 is 0 Å². The number of carboxylic acids is 1. The quantitative estimate of drug-likeness (QED) is 0.105. The molecule has 0 aliphatic carbocycles. The third-order valence-electron chi connectivity index (χ3n) is 6.20. The molecule has 4 nitrogen and oxygen atoms in total. The highest BCUT2D eigenvalue weighted by atomic mass is 35.5. The Morgan fingerprint density at radius 1 is 0.690 bits per heavy atom. The van der Waals surface area contributed by atoms with E-state index in [0.717, 1.165) is 17.2 Å². The number of hydrogen-bond acceptors (Lipinski definition) is 3. The van der Waals surface area contributed by atoms with Crippen molar-refractivity contribution < 1.29 is 28.2 Å². The number of aliphatic carboxylic acids is 1. The Hall–Kier alpha value is -4.26. The summed E-state index contributed by atoms with van der Waals surface area (Å²) in [6.45, 7) is 0.323. The van der Waals surface area contributed by atoms with Crippen LogP contribution in [0.15, 0.2) is 109 Å². The normalized spacial score (nSPS) is 11.3. The molecule has 0 bridgehead atoms. The maximum atomic E-state index is 13.8. The smallest absolute Gasteiger partial charge is 0.328 e. The van der Waals surface area contributed by atoms with Gasteiger partial charge in [0.15, 0.2) is 0 Å². The number of carbonyl (C=O) groups excluding carboxylic acids is 1. The van der Waals surface area contributed by atoms with E-state index in [1.807, 2.05) is 36.4 Å². The van der Waals surface area contributed by atoms with Crippen LogP contribution in [0.2, 0.25) is 10.0 Å². The Bertz CT molecular complexity index is 1530. The van der Waals surface area contributed by atoms with Crippen molar-refractivity contribution in [2.45, 2.75) is 25.7 Å². The standard InChI is InChI=1S/2C17H14ClFO2/c18-15-9-6-13(7-10-15)5-8-14(11-21-12-20)16-3-1-2-4-17(16)19;18-14-9-6-12(7-10-14)5-8-13(11-17(20)21)15-3-1-2-4-16(15)19/h1-4,6-7,9-12H,5,8H2;1-4,6-7,9-11H,5,8H2,(H,20,21)/b14-11+;13-11-. The number of allylic oxidation sites excluding steroid dienone is 2. The van der Waals surface area contributed by atoms with E-state index < -0.39 is 11.8 Å². The van der Waals surface area contributed by atoms with Gasteiger partial charge < -0.3 is 9.84 Å². The summed E-state index contributed by atoms with van der Waals surface area (Å²) < 4.78 is 32.3. The lowest BCUT2D eigenvalue weighted by atomic mass is 9.97. The van der Waals surface area contributed by atoms with E-state index in [-0.39, 0.29) is 5.82 Å². The second-order valence-electron chi connectivity index (χ2n) is 9.10. The molecule has 0 aliphatic rings. The van der Waals surface area contributed by atoms with Crippen molar-refractivity contribution in [3.63, 3.8) is 0 Å². The van der Waals surface area contributed by atoms with Crippen molar-refractivity contribution in [3.8, 4) is 0 Å². The summed E-state index contributed by atoms with van der Waals surface area (Å²) in [6, 6.07) is 27.4. The second kappa shape index (κ2) is 16.9. The highest BCUT2D eigenvalue weighted by molar-refractivity contribution is 6.30. The van der Waals surface area contributed by atoms with Gasteiger partial charge in [-0.15, -0.1) is 0 Å². The Morgan fingerprint density at radius 3 is 1.55 bits per heavy atom. The van der Waals surface area contributed by atoms with Crippen LogP contribution in [0.5, 0.6) is 0 Å². The van der Waals surface area contributed by atoms with Crippen LogP contribution in [0.1, 0.15) is 35.1 Å². The van der Waals surface area contributed by atoms with Crippen LogP contribution in [0, 0.1) is 11.6 Å². The van der Waals surface area contributed by atoms with Crippen LogP contribution in [-0.4, -0.2) is 17.5 Å². The van der Waals surface area contributed by atoms with Gasteiger partial charge in [-0.1, -0.05) is 83.9 Å². The van der Waals surface area contributed by atoms with Gasteiger partial charge >= 0.3 is 5.97 Å². The van der Waals surface area contributed by atoms with E-state index in [1.54, 1.807) is 48.5 Å². The summed E-state index contributed by atoms with van der Waals surface area (Å²) >= 11 is 11.7. The van der Waals surface area contributed by atoms with Crippen molar-refractivity contribution in [2.75, 3.05) is 0 Å². The molecular formula is C34H28Cl2F2O4. The van der Waals surface area contributed by atoms with Crippen molar-refractivity contribution in [1.82, 2.24) is 0 Å². The molecule has 42 heavy (non-hydrogen) atoms. The number of hydrogen-bond donors (Lipinski definition) is 1. The van der Waals surface area contributed by atoms with Gasteiger partial charge in [0, 0.05) is 27.2 Å². The van der Waals surface area contributed by atoms with Crippen LogP contribution in [-0.2, 0) is 27.2 Å². The third-order valence-corrected chi connectivity index (χ3v) is 6.70. The molecule has 4 aromatic rings. The Morgan fingerprint density at radius 2 is 1.12 bits per heavy atom. The van der Waals surface area contributed by atoms with Gasteiger partial charge in [-0.05, 0) is 84.4 Å². The lowest BCUT2D eigenvalue weighted by Gasteiger charge is -2.09. The molecule has 0 spiro atoms. The van der Waals surface area contributed by atoms with Gasteiger partial charge in [-0.3, -0.25) is 4.79 Å². The van der Waals surface area contributed by atoms with E-state index in [2.05, 4.69) is 4.74 Å². The molecule has 0 radical (unpaired) electrons. The lowest BCUT2D eigenvalue weighted by molar-refractivity contribution is -0.131. The minimum Gasteiger partial charge on any atom is -0.478 e. The van der Waals surface area contributed by atoms with E-state index in [9.17, 15) is 18.4 Å². The first-order chi connectivity index (χ1) is 20.3. The number of rotatable bonds is 11. The number of halogens is 4. The summed E-state index contributed by atoms with van der Waals surface area (Å²) in [5.74, 6) is -1.83. The first kappa shape index (κ1) is 32.3. The molecule has 0 aliphatic heterocycles. The van der Waals surface area contributed by atoms with E-state index in [4.69, 9.17) is 28.3 Å². The van der Waals surface area contributed by atoms with Crippen LogP contribution in [0.4, 0.5) is 8.78 Å². The number of carbonyl (C=O) groups is 2. The molecular weight excluding hydrogens is 581 g/mol. The monoisotopic (exact) mass is 608 g/mol. The number of benzene rings is 4. The Balaban J connectivity index is 0.000000230. The maximum Gasteiger partial charge on any atom is 0.328 e. The Labute approximate surface area is 253 Å². The number of aryl methyl sites for hydroxylation is 2. The minimum atomic E-state index is -1.08. The fourth-order valence-electron chi connectivity index (χ4n) is 4.10. The second-order valence-corrected chi connectivity index (χ2v) is 9.97. The van der Waals surface area contributed by atoms with Gasteiger partial charge in [0.1, 0.15) is 11.6 Å². The Kier molecular flexibility index (Phi) is 13.0. The highest BCUT2D eigenvalue weighted by Crippen LogP contribution is 2.25. The molecule has 4 rings (SSSR count). The van der Waals surface area contributed by atoms with Crippen molar-refractivity contribution in [3.05, 3.63) is 153 Å². The average Bonchev–Trinajstić information content (AvgIpc) is 2.98. The molecule has 0 heterocycles. The molecule has 8 heteroatoms. The van der Waals surface area contributed by atoms with Crippen molar-refractivity contribution >= 4 is 46.8 Å². The van der Waals surface area contributed by atoms with Gasteiger partial charge in [0.2, 0.25) is 0 Å². The van der Waals surface area contributed by atoms with Crippen LogP contribution >= 0.6 is 23.2 Å². The maximum absolute atomic E-state index is 13.8. The van der Waals surface area contributed by atoms with E-state index in [1.165, 1.54) is 18.4 Å². The number of carboxylic acid groups (broad SMARTS) is 1. The SMILES string of the molecule is O=C(O)/C=C(/CCc1ccc(Cl)cc1)c1ccccc1F.O=CO/C=C(\CCc1ccc(Cl)cc1)c1ccccc1F. The molecule has 0 saturated heterocycles. The molecule has 4 aromatic carbocycles. The van der Waals surface area contributed by atoms with Crippen molar-refractivity contribution in [2.24, 2.45) is 0 Å². The summed E-state index contributed by atoms with van der Waals surface area (Å²) in [4.78, 5) is 21.3. The molecule has 0 aromatic heterocycles. The zero-order valence-corrected chi connectivity index (χ0v) is 24.0. The summed E-state index contributed by atoms with van der Waals surface area (Å²) in [6.07, 6.45) is 4.66. The van der Waals surface area contributed by atoms with Gasteiger partial charge in [-0.25, -0.2) is 13.6 Å². The van der Waals surface area contributed by atoms with Gasteiger partial charge in [0.05, 0.1) is 6.26 Å². The zero-order chi connectivity index (χ0) is 30.3. The first-order valence-corrected chi connectivity index (χ1v) is 13.7. The van der Waals surface area contributed by atoms with Crippen molar-refractivity contribution in [1.29, 1.82) is 0 Å². The topological polar surface area (TPSA) is 63.6 Å². The average molecular weight is 609 g/mol. The molecule has 0 unspecified atom stereocenters. The molecule has 0 atom stereocenters. The summed E-state index contributed by atoms with van der Waals surface area (Å²) in [7, 11) is 0. The minimum absolute atomic E-state index is 0.323. The lowest BCUT2D eigenvalue weighted by Crippen LogP contribution is -1.97. The first-order valence-electron chi connectivity index (χ1n) is 13.0. The van der Waals surface area contributed by atoms with Gasteiger partial charge in [0.25, 0.3) is 6.47 Å². The fourth-order valence-corrected chi connectivity index (χ4v) is 4.36. The highest BCUT2D eigenvalue weighted by Gasteiger charge is 2.10. The predicted octanol–water partition coefficient (Wildman–Crippen LogP) is 9.21. The molecule has 0 amide bonds. The molecule has 0 saturated carbocycles. The van der Waals surface area contributed by atoms with Crippen LogP contribution < -0.4 is 0 Å². The summed E-state index contributed by atoms with van der Waals surface area (Å²) in [5, 5.41) is 10.3. The third kappa shape index (κ3) is 10.6. The van der Waals surface area contributed by atoms with E-state index in [0.29, 0.717) is 64.5 Å². The van der Waals surface area contributed by atoms with Crippen LogP contribution in [0.25, 0.3) is 11.1 Å². The summed E-state index contributed by atoms with van der Waals surface area (Å²) in [5.41, 5.74) is 3.97. The molecule has 216 valence electrons. The zero-order valence-electron chi connectivity index (χ0n) is 22.5. The fraction of sp³-hybridized carbons (Fsp3) is 0.118. The largest absolute Gasteiger partial charge is 0.478 e. The number of ether oxygens (including phenoxy) is 1. The molecule has 0 fully saturated rings.